The minimum absolute atomic E-state index is 0.0701. The lowest BCUT2D eigenvalue weighted by Crippen LogP contribution is -2.25. The summed E-state index contributed by atoms with van der Waals surface area (Å²) in [6.07, 6.45) is 0. The molecular formula is C18H14ClNO6. The Bertz CT molecular complexity index is 895. The molecule has 134 valence electrons. The van der Waals surface area contributed by atoms with Gasteiger partial charge in [-0.25, -0.2) is 4.79 Å². The van der Waals surface area contributed by atoms with Crippen LogP contribution in [-0.2, 0) is 9.53 Å². The molecule has 0 aliphatic carbocycles. The minimum Gasteiger partial charge on any atom is -0.496 e. The van der Waals surface area contributed by atoms with E-state index in [1.165, 1.54) is 31.4 Å². The average Bonchev–Trinajstić information content (AvgIpc) is 2.65. The van der Waals surface area contributed by atoms with Crippen molar-refractivity contribution in [1.29, 1.82) is 0 Å². The molecule has 1 aliphatic heterocycles. The number of carbonyl (C=O) groups excluding carboxylic acids is 3. The number of Topliss-reactive ketones (excluding diaryl/α,β-unsaturated/α-hetero) is 1. The molecule has 0 aromatic heterocycles. The highest BCUT2D eigenvalue weighted by atomic mass is 35.5. The van der Waals surface area contributed by atoms with Crippen LogP contribution in [-0.4, -0.2) is 38.0 Å². The molecule has 1 heterocycles. The van der Waals surface area contributed by atoms with Crippen molar-refractivity contribution >= 4 is 34.9 Å². The van der Waals surface area contributed by atoms with Gasteiger partial charge in [-0.3, -0.25) is 9.59 Å². The largest absolute Gasteiger partial charge is 0.496 e. The highest BCUT2D eigenvalue weighted by Gasteiger charge is 2.20. The predicted octanol–water partition coefficient (Wildman–Crippen LogP) is 2.72. The van der Waals surface area contributed by atoms with E-state index < -0.39 is 18.4 Å². The van der Waals surface area contributed by atoms with Crippen LogP contribution in [0.2, 0.25) is 5.02 Å². The standard InChI is InChI=1S/C18H14ClNO6/c1-24-15-5-3-11(19)7-12(15)18(23)26-8-14(21)10-2-4-16-13(6-10)20-17(22)9-25-16/h2-7H,8-9H2,1H3,(H,20,22). The summed E-state index contributed by atoms with van der Waals surface area (Å²) in [6, 6.07) is 9.09. The number of halogens is 1. The molecule has 0 unspecified atom stereocenters. The van der Waals surface area contributed by atoms with Gasteiger partial charge in [-0.15, -0.1) is 0 Å². The van der Waals surface area contributed by atoms with E-state index in [1.54, 1.807) is 12.1 Å². The van der Waals surface area contributed by atoms with Crippen molar-refractivity contribution in [2.45, 2.75) is 0 Å². The summed E-state index contributed by atoms with van der Waals surface area (Å²) in [4.78, 5) is 35.8. The first-order valence-electron chi connectivity index (χ1n) is 7.58. The summed E-state index contributed by atoms with van der Waals surface area (Å²) < 4.78 is 15.4. The molecule has 2 aromatic rings. The lowest BCUT2D eigenvalue weighted by molar-refractivity contribution is -0.118. The van der Waals surface area contributed by atoms with Gasteiger partial charge in [0, 0.05) is 10.6 Å². The van der Waals surface area contributed by atoms with Crippen LogP contribution in [0.5, 0.6) is 11.5 Å². The summed E-state index contributed by atoms with van der Waals surface area (Å²) in [7, 11) is 1.41. The second kappa shape index (κ2) is 7.45. The number of anilines is 1. The van der Waals surface area contributed by atoms with Crippen LogP contribution in [0.25, 0.3) is 0 Å². The Balaban J connectivity index is 1.69. The maximum absolute atomic E-state index is 12.3. The van der Waals surface area contributed by atoms with Crippen molar-refractivity contribution < 1.29 is 28.6 Å². The molecule has 0 spiro atoms. The van der Waals surface area contributed by atoms with Crippen LogP contribution in [0.1, 0.15) is 20.7 Å². The smallest absolute Gasteiger partial charge is 0.342 e. The van der Waals surface area contributed by atoms with E-state index >= 15 is 0 Å². The molecule has 1 amide bonds. The SMILES string of the molecule is COc1ccc(Cl)cc1C(=O)OCC(=O)c1ccc2c(c1)NC(=O)CO2. The number of ketones is 1. The maximum atomic E-state index is 12.3. The molecule has 1 N–H and O–H groups in total. The Morgan fingerprint density at radius 1 is 1.23 bits per heavy atom. The summed E-state index contributed by atoms with van der Waals surface area (Å²) in [5.41, 5.74) is 0.800. The number of hydrogen-bond acceptors (Lipinski definition) is 6. The number of fused-ring (bicyclic) bond motifs is 1. The van der Waals surface area contributed by atoms with Crippen molar-refractivity contribution in [2.75, 3.05) is 25.6 Å². The zero-order valence-electron chi connectivity index (χ0n) is 13.7. The molecule has 0 fully saturated rings. The van der Waals surface area contributed by atoms with Gasteiger partial charge in [0.2, 0.25) is 0 Å². The van der Waals surface area contributed by atoms with E-state index in [0.717, 1.165) is 0 Å². The molecule has 1 aliphatic rings. The minimum atomic E-state index is -0.729. The fourth-order valence-electron chi connectivity index (χ4n) is 2.39. The number of amides is 1. The molecule has 0 bridgehead atoms. The molecule has 0 radical (unpaired) electrons. The summed E-state index contributed by atoms with van der Waals surface area (Å²) >= 11 is 5.88. The van der Waals surface area contributed by atoms with Gasteiger partial charge in [0.25, 0.3) is 5.91 Å². The molecule has 0 atom stereocenters. The van der Waals surface area contributed by atoms with Crippen LogP contribution in [0.4, 0.5) is 5.69 Å². The Morgan fingerprint density at radius 3 is 2.81 bits per heavy atom. The maximum Gasteiger partial charge on any atom is 0.342 e. The summed E-state index contributed by atoms with van der Waals surface area (Å²) in [5, 5.41) is 2.95. The highest BCUT2D eigenvalue weighted by Crippen LogP contribution is 2.29. The van der Waals surface area contributed by atoms with Crippen molar-refractivity contribution in [3.05, 3.63) is 52.5 Å². The molecule has 26 heavy (non-hydrogen) atoms. The van der Waals surface area contributed by atoms with Crippen LogP contribution >= 0.6 is 11.6 Å². The molecule has 0 saturated carbocycles. The highest BCUT2D eigenvalue weighted by molar-refractivity contribution is 6.31. The van der Waals surface area contributed by atoms with Gasteiger partial charge in [-0.05, 0) is 36.4 Å². The van der Waals surface area contributed by atoms with Crippen molar-refractivity contribution in [3.8, 4) is 11.5 Å². The molecule has 3 rings (SSSR count). The van der Waals surface area contributed by atoms with E-state index in [9.17, 15) is 14.4 Å². The van der Waals surface area contributed by atoms with Crippen LogP contribution < -0.4 is 14.8 Å². The second-order valence-electron chi connectivity index (χ2n) is 5.39. The fraction of sp³-hybridized carbons (Fsp3) is 0.167. The lowest BCUT2D eigenvalue weighted by atomic mass is 10.1. The average molecular weight is 376 g/mol. The van der Waals surface area contributed by atoms with Gasteiger partial charge >= 0.3 is 5.97 Å². The van der Waals surface area contributed by atoms with Gasteiger partial charge in [0.1, 0.15) is 17.1 Å². The number of esters is 1. The number of hydrogen-bond donors (Lipinski definition) is 1. The molecule has 8 heteroatoms. The van der Waals surface area contributed by atoms with E-state index in [2.05, 4.69) is 5.32 Å². The first-order valence-corrected chi connectivity index (χ1v) is 7.96. The summed E-state index contributed by atoms with van der Waals surface area (Å²) in [5.74, 6) is -0.696. The normalized spacial score (nSPS) is 12.5. The van der Waals surface area contributed by atoms with Crippen LogP contribution in [0.15, 0.2) is 36.4 Å². The number of ether oxygens (including phenoxy) is 3. The fourth-order valence-corrected chi connectivity index (χ4v) is 2.56. The molecular weight excluding hydrogens is 362 g/mol. The molecule has 0 saturated heterocycles. The van der Waals surface area contributed by atoms with E-state index in [0.29, 0.717) is 22.2 Å². The third kappa shape index (κ3) is 3.78. The Morgan fingerprint density at radius 2 is 2.04 bits per heavy atom. The lowest BCUT2D eigenvalue weighted by Gasteiger charge is -2.18. The monoisotopic (exact) mass is 375 g/mol. The van der Waals surface area contributed by atoms with Gasteiger partial charge in [-0.2, -0.15) is 0 Å². The van der Waals surface area contributed by atoms with E-state index in [-0.39, 0.29) is 23.6 Å². The van der Waals surface area contributed by atoms with E-state index in [4.69, 9.17) is 25.8 Å². The quantitative estimate of drug-likeness (QED) is 0.638. The number of nitrogens with one attached hydrogen (secondary N) is 1. The van der Waals surface area contributed by atoms with Crippen molar-refractivity contribution in [1.82, 2.24) is 0 Å². The molecule has 7 nitrogen and oxygen atoms in total. The Kier molecular flexibility index (Phi) is 5.09. The first-order chi connectivity index (χ1) is 12.5. The van der Waals surface area contributed by atoms with Crippen LogP contribution in [0.3, 0.4) is 0 Å². The zero-order valence-corrected chi connectivity index (χ0v) is 14.5. The van der Waals surface area contributed by atoms with Gasteiger partial charge in [-0.1, -0.05) is 11.6 Å². The predicted molar refractivity (Wildman–Crippen MR) is 93.2 cm³/mol. The number of rotatable bonds is 5. The Labute approximate surface area is 153 Å². The van der Waals surface area contributed by atoms with Crippen molar-refractivity contribution in [2.24, 2.45) is 0 Å². The third-order valence-corrected chi connectivity index (χ3v) is 3.89. The molecule has 2 aromatic carbocycles. The number of methoxy groups -OCH3 is 1. The summed E-state index contributed by atoms with van der Waals surface area (Å²) in [6.45, 7) is -0.540. The van der Waals surface area contributed by atoms with Gasteiger partial charge in [0.05, 0.1) is 12.8 Å². The van der Waals surface area contributed by atoms with Crippen LogP contribution in [0, 0.1) is 0 Å². The third-order valence-electron chi connectivity index (χ3n) is 3.65. The number of benzene rings is 2. The van der Waals surface area contributed by atoms with Gasteiger partial charge in [0.15, 0.2) is 19.0 Å². The second-order valence-corrected chi connectivity index (χ2v) is 5.83. The number of carbonyl (C=O) groups is 3. The van der Waals surface area contributed by atoms with E-state index in [1.807, 2.05) is 0 Å². The topological polar surface area (TPSA) is 90.9 Å². The van der Waals surface area contributed by atoms with Crippen molar-refractivity contribution in [3.63, 3.8) is 0 Å². The Hall–Kier alpha value is -3.06. The first kappa shape index (κ1) is 17.8. The van der Waals surface area contributed by atoms with Gasteiger partial charge < -0.3 is 19.5 Å². The zero-order chi connectivity index (χ0) is 18.7.